The van der Waals surface area contributed by atoms with Gasteiger partial charge in [-0.1, -0.05) is 32.4 Å². The molecule has 0 aliphatic carbocycles. The fraction of sp³-hybridized carbons (Fsp3) is 0.400. The second-order valence-corrected chi connectivity index (χ2v) is 5.64. The first-order valence-corrected chi connectivity index (χ1v) is 5.76. The molecule has 2 rings (SSSR count). The molecule has 0 bridgehead atoms. The van der Waals surface area contributed by atoms with E-state index >= 15 is 0 Å². The predicted molar refractivity (Wildman–Crippen MR) is 64.4 cm³/mol. The maximum absolute atomic E-state index is 6.23. The standard InChI is InChI=1S/C10H11BrClN3/c1-10(2,3)7-6(12)4-15-9(8(7)11)13-5-14-15/h4-5H,1-3H3. The van der Waals surface area contributed by atoms with Crippen molar-refractivity contribution in [2.45, 2.75) is 26.2 Å². The Morgan fingerprint density at radius 1 is 1.40 bits per heavy atom. The number of hydrogen-bond acceptors (Lipinski definition) is 2. The molecule has 0 aliphatic rings. The van der Waals surface area contributed by atoms with Gasteiger partial charge in [0.05, 0.1) is 9.50 Å². The molecule has 2 aromatic rings. The Labute approximate surface area is 102 Å². The van der Waals surface area contributed by atoms with Gasteiger partial charge < -0.3 is 0 Å². The monoisotopic (exact) mass is 287 g/mol. The lowest BCUT2D eigenvalue weighted by Gasteiger charge is -2.22. The third kappa shape index (κ3) is 1.76. The van der Waals surface area contributed by atoms with Crippen LogP contribution in [0.1, 0.15) is 26.3 Å². The quantitative estimate of drug-likeness (QED) is 0.743. The largest absolute Gasteiger partial charge is 0.218 e. The van der Waals surface area contributed by atoms with Gasteiger partial charge >= 0.3 is 0 Å². The Kier molecular flexibility index (Phi) is 2.51. The van der Waals surface area contributed by atoms with E-state index in [-0.39, 0.29) is 5.41 Å². The van der Waals surface area contributed by atoms with E-state index in [4.69, 9.17) is 11.6 Å². The summed E-state index contributed by atoms with van der Waals surface area (Å²) in [5.41, 5.74) is 1.83. The number of nitrogens with zero attached hydrogens (tertiary/aromatic N) is 3. The highest BCUT2D eigenvalue weighted by atomic mass is 79.9. The summed E-state index contributed by atoms with van der Waals surface area (Å²) in [4.78, 5) is 4.18. The van der Waals surface area contributed by atoms with Gasteiger partial charge in [0.15, 0.2) is 5.65 Å². The lowest BCUT2D eigenvalue weighted by molar-refractivity contribution is 0.586. The van der Waals surface area contributed by atoms with Crippen LogP contribution in [0, 0.1) is 0 Å². The van der Waals surface area contributed by atoms with Gasteiger partial charge in [-0.25, -0.2) is 9.50 Å². The van der Waals surface area contributed by atoms with Crippen molar-refractivity contribution < 1.29 is 0 Å². The Morgan fingerprint density at radius 2 is 2.07 bits per heavy atom. The number of aromatic nitrogens is 3. The third-order valence-corrected chi connectivity index (χ3v) is 3.25. The summed E-state index contributed by atoms with van der Waals surface area (Å²) in [6, 6.07) is 0. The molecular weight excluding hydrogens is 277 g/mol. The molecule has 0 saturated carbocycles. The lowest BCUT2D eigenvalue weighted by Crippen LogP contribution is -2.14. The second kappa shape index (κ2) is 3.46. The molecule has 0 fully saturated rings. The van der Waals surface area contributed by atoms with E-state index < -0.39 is 0 Å². The number of pyridine rings is 1. The maximum Gasteiger partial charge on any atom is 0.169 e. The van der Waals surface area contributed by atoms with Crippen molar-refractivity contribution >= 4 is 33.2 Å². The molecule has 3 nitrogen and oxygen atoms in total. The van der Waals surface area contributed by atoms with E-state index in [1.54, 1.807) is 10.7 Å². The molecule has 0 amide bonds. The molecule has 0 atom stereocenters. The van der Waals surface area contributed by atoms with Crippen molar-refractivity contribution in [1.29, 1.82) is 0 Å². The summed E-state index contributed by atoms with van der Waals surface area (Å²) in [7, 11) is 0. The van der Waals surface area contributed by atoms with Gasteiger partial charge in [0, 0.05) is 6.20 Å². The zero-order valence-corrected chi connectivity index (χ0v) is 11.1. The molecule has 0 aliphatic heterocycles. The van der Waals surface area contributed by atoms with E-state index in [9.17, 15) is 0 Å². The highest BCUT2D eigenvalue weighted by Gasteiger charge is 2.23. The molecule has 0 aromatic carbocycles. The minimum atomic E-state index is -0.0242. The number of hydrogen-bond donors (Lipinski definition) is 0. The minimum absolute atomic E-state index is 0.0242. The number of rotatable bonds is 0. The Balaban J connectivity index is 2.84. The van der Waals surface area contributed by atoms with Crippen LogP contribution in [0.5, 0.6) is 0 Å². The molecule has 0 radical (unpaired) electrons. The van der Waals surface area contributed by atoms with E-state index in [0.29, 0.717) is 5.02 Å². The Bertz CT molecular complexity index is 513. The van der Waals surface area contributed by atoms with Crippen LogP contribution >= 0.6 is 27.5 Å². The fourth-order valence-corrected chi connectivity index (χ4v) is 3.25. The van der Waals surface area contributed by atoms with Crippen LogP contribution in [0.3, 0.4) is 0 Å². The average Bonchev–Trinajstić information content (AvgIpc) is 2.48. The predicted octanol–water partition coefficient (Wildman–Crippen LogP) is 3.44. The SMILES string of the molecule is CC(C)(C)c1c(Cl)cn2ncnc2c1Br. The van der Waals surface area contributed by atoms with Crippen molar-refractivity contribution in [3.05, 3.63) is 27.6 Å². The molecule has 0 spiro atoms. The molecule has 80 valence electrons. The summed E-state index contributed by atoms with van der Waals surface area (Å²) in [5.74, 6) is 0. The van der Waals surface area contributed by atoms with Gasteiger partial charge in [-0.3, -0.25) is 0 Å². The Hall–Kier alpha value is -0.610. The molecule has 0 unspecified atom stereocenters. The topological polar surface area (TPSA) is 30.2 Å². The van der Waals surface area contributed by atoms with E-state index in [0.717, 1.165) is 15.7 Å². The van der Waals surface area contributed by atoms with Crippen LogP contribution in [0.2, 0.25) is 5.02 Å². The first-order chi connectivity index (χ1) is 6.91. The minimum Gasteiger partial charge on any atom is -0.218 e. The van der Waals surface area contributed by atoms with Crippen LogP contribution in [0.4, 0.5) is 0 Å². The number of halogens is 2. The van der Waals surface area contributed by atoms with E-state index in [1.807, 2.05) is 0 Å². The molecular formula is C10H11BrClN3. The van der Waals surface area contributed by atoms with Crippen LogP contribution in [0.25, 0.3) is 5.65 Å². The summed E-state index contributed by atoms with van der Waals surface area (Å²) in [5, 5.41) is 4.76. The summed E-state index contributed by atoms with van der Waals surface area (Å²) in [6.45, 7) is 6.35. The summed E-state index contributed by atoms with van der Waals surface area (Å²) in [6.07, 6.45) is 3.30. The van der Waals surface area contributed by atoms with Crippen LogP contribution in [-0.2, 0) is 5.41 Å². The fourth-order valence-electron chi connectivity index (χ4n) is 1.58. The molecule has 15 heavy (non-hydrogen) atoms. The Morgan fingerprint density at radius 3 is 2.67 bits per heavy atom. The number of fused-ring (bicyclic) bond motifs is 1. The van der Waals surface area contributed by atoms with Crippen molar-refractivity contribution in [3.8, 4) is 0 Å². The van der Waals surface area contributed by atoms with Crippen molar-refractivity contribution in [2.75, 3.05) is 0 Å². The highest BCUT2D eigenvalue weighted by Crippen LogP contribution is 2.37. The van der Waals surface area contributed by atoms with E-state index in [1.165, 1.54) is 6.33 Å². The van der Waals surface area contributed by atoms with Gasteiger partial charge in [0.1, 0.15) is 6.33 Å². The average molecular weight is 289 g/mol. The third-order valence-electron chi connectivity index (χ3n) is 2.21. The first-order valence-electron chi connectivity index (χ1n) is 4.59. The van der Waals surface area contributed by atoms with Gasteiger partial charge in [0.2, 0.25) is 0 Å². The molecule has 5 heteroatoms. The van der Waals surface area contributed by atoms with Crippen LogP contribution in [0.15, 0.2) is 17.0 Å². The van der Waals surface area contributed by atoms with Crippen molar-refractivity contribution in [1.82, 2.24) is 14.6 Å². The van der Waals surface area contributed by atoms with Crippen molar-refractivity contribution in [2.24, 2.45) is 0 Å². The van der Waals surface area contributed by atoms with Gasteiger partial charge in [-0.15, -0.1) is 0 Å². The van der Waals surface area contributed by atoms with Crippen LogP contribution in [-0.4, -0.2) is 14.6 Å². The zero-order valence-electron chi connectivity index (χ0n) is 8.75. The van der Waals surface area contributed by atoms with Gasteiger partial charge in [0.25, 0.3) is 0 Å². The van der Waals surface area contributed by atoms with Crippen molar-refractivity contribution in [3.63, 3.8) is 0 Å². The first kappa shape index (κ1) is 10.9. The lowest BCUT2D eigenvalue weighted by atomic mass is 9.88. The smallest absolute Gasteiger partial charge is 0.169 e. The second-order valence-electron chi connectivity index (χ2n) is 4.44. The highest BCUT2D eigenvalue weighted by molar-refractivity contribution is 9.10. The molecule has 0 N–H and O–H groups in total. The molecule has 2 aromatic heterocycles. The van der Waals surface area contributed by atoms with E-state index in [2.05, 4.69) is 46.8 Å². The van der Waals surface area contributed by atoms with Gasteiger partial charge in [-0.2, -0.15) is 5.10 Å². The molecule has 2 heterocycles. The normalized spacial score (nSPS) is 12.3. The maximum atomic E-state index is 6.23. The van der Waals surface area contributed by atoms with Gasteiger partial charge in [-0.05, 0) is 26.9 Å². The zero-order chi connectivity index (χ0) is 11.2. The summed E-state index contributed by atoms with van der Waals surface area (Å²) < 4.78 is 2.58. The van der Waals surface area contributed by atoms with Crippen LogP contribution < -0.4 is 0 Å². The summed E-state index contributed by atoms with van der Waals surface area (Å²) >= 11 is 9.77. The molecule has 0 saturated heterocycles.